The predicted octanol–water partition coefficient (Wildman–Crippen LogP) is 1.15. The highest BCUT2D eigenvalue weighted by Crippen LogP contribution is 2.26. The molecule has 4 nitrogen and oxygen atoms in total. The molecule has 0 bridgehead atoms. The Labute approximate surface area is 98.4 Å². The van der Waals surface area contributed by atoms with E-state index in [2.05, 4.69) is 0 Å². The van der Waals surface area contributed by atoms with Gasteiger partial charge in [-0.25, -0.2) is 0 Å². The van der Waals surface area contributed by atoms with Crippen molar-refractivity contribution in [1.82, 2.24) is 4.90 Å². The van der Waals surface area contributed by atoms with Crippen LogP contribution in [0.3, 0.4) is 0 Å². The SMILES string of the molecule is CN1CC(=O)N(c2ccccc2Cl)CC1=O. The first-order chi connectivity index (χ1) is 7.59. The van der Waals surface area contributed by atoms with Gasteiger partial charge in [0.1, 0.15) is 6.54 Å². The molecule has 0 N–H and O–H groups in total. The van der Waals surface area contributed by atoms with E-state index in [-0.39, 0.29) is 24.9 Å². The van der Waals surface area contributed by atoms with Gasteiger partial charge in [0.25, 0.3) is 0 Å². The highest BCUT2D eigenvalue weighted by Gasteiger charge is 2.29. The molecule has 1 aliphatic rings. The number of hydrogen-bond acceptors (Lipinski definition) is 2. The fraction of sp³-hybridized carbons (Fsp3) is 0.273. The van der Waals surface area contributed by atoms with E-state index in [4.69, 9.17) is 11.6 Å². The topological polar surface area (TPSA) is 40.6 Å². The molecule has 0 saturated carbocycles. The molecule has 1 saturated heterocycles. The molecule has 0 aliphatic carbocycles. The maximum atomic E-state index is 11.8. The van der Waals surface area contributed by atoms with Crippen molar-refractivity contribution >= 4 is 29.1 Å². The lowest BCUT2D eigenvalue weighted by molar-refractivity contribution is -0.136. The van der Waals surface area contributed by atoms with E-state index >= 15 is 0 Å². The quantitative estimate of drug-likeness (QED) is 0.736. The number of nitrogens with zero attached hydrogens (tertiary/aromatic N) is 2. The van der Waals surface area contributed by atoms with Crippen LogP contribution in [0.1, 0.15) is 0 Å². The molecule has 1 aromatic rings. The van der Waals surface area contributed by atoms with Gasteiger partial charge < -0.3 is 4.90 Å². The Bertz CT molecular complexity index is 447. The number of anilines is 1. The zero-order chi connectivity index (χ0) is 11.7. The van der Waals surface area contributed by atoms with Gasteiger partial charge in [-0.2, -0.15) is 0 Å². The summed E-state index contributed by atoms with van der Waals surface area (Å²) in [6.45, 7) is 0.156. The average Bonchev–Trinajstić information content (AvgIpc) is 2.25. The predicted molar refractivity (Wildman–Crippen MR) is 61.4 cm³/mol. The van der Waals surface area contributed by atoms with E-state index < -0.39 is 0 Å². The Morgan fingerprint density at radius 2 is 1.81 bits per heavy atom. The maximum Gasteiger partial charge on any atom is 0.247 e. The van der Waals surface area contributed by atoms with Crippen LogP contribution in [0.4, 0.5) is 5.69 Å². The number of carbonyl (C=O) groups excluding carboxylic acids is 2. The highest BCUT2D eigenvalue weighted by atomic mass is 35.5. The fourth-order valence-corrected chi connectivity index (χ4v) is 1.85. The molecule has 1 aromatic carbocycles. The van der Waals surface area contributed by atoms with Gasteiger partial charge >= 0.3 is 0 Å². The number of para-hydroxylation sites is 1. The number of hydrogen-bond donors (Lipinski definition) is 0. The first-order valence-corrected chi connectivity index (χ1v) is 5.26. The number of amides is 2. The summed E-state index contributed by atoms with van der Waals surface area (Å²) in [5, 5.41) is 0.480. The third kappa shape index (κ3) is 1.88. The van der Waals surface area contributed by atoms with Crippen LogP contribution in [0.15, 0.2) is 24.3 Å². The van der Waals surface area contributed by atoms with Crippen molar-refractivity contribution in [3.05, 3.63) is 29.3 Å². The van der Waals surface area contributed by atoms with Gasteiger partial charge in [0.15, 0.2) is 0 Å². The first-order valence-electron chi connectivity index (χ1n) is 4.88. The summed E-state index contributed by atoms with van der Waals surface area (Å²) in [5.74, 6) is -0.199. The second-order valence-electron chi connectivity index (χ2n) is 3.68. The molecule has 16 heavy (non-hydrogen) atoms. The van der Waals surface area contributed by atoms with Gasteiger partial charge in [-0.15, -0.1) is 0 Å². The summed E-state index contributed by atoms with van der Waals surface area (Å²) in [6, 6.07) is 7.01. The molecule has 2 amide bonds. The van der Waals surface area contributed by atoms with E-state index in [0.717, 1.165) is 0 Å². The lowest BCUT2D eigenvalue weighted by Crippen LogP contribution is -2.52. The third-order valence-electron chi connectivity index (χ3n) is 2.54. The lowest BCUT2D eigenvalue weighted by Gasteiger charge is -2.32. The van der Waals surface area contributed by atoms with Gasteiger partial charge in [-0.1, -0.05) is 23.7 Å². The van der Waals surface area contributed by atoms with Gasteiger partial charge in [0.05, 0.1) is 17.3 Å². The number of halogens is 1. The van der Waals surface area contributed by atoms with E-state index in [0.29, 0.717) is 10.7 Å². The van der Waals surface area contributed by atoms with Crippen LogP contribution in [-0.4, -0.2) is 36.9 Å². The molecule has 1 fully saturated rings. The number of rotatable bonds is 1. The van der Waals surface area contributed by atoms with Crippen LogP contribution in [0, 0.1) is 0 Å². The molecular formula is C11H11ClN2O2. The van der Waals surface area contributed by atoms with Crippen LogP contribution >= 0.6 is 11.6 Å². The minimum atomic E-state index is -0.116. The number of carbonyl (C=O) groups is 2. The van der Waals surface area contributed by atoms with Crippen LogP contribution in [0.25, 0.3) is 0 Å². The molecule has 1 heterocycles. The largest absolute Gasteiger partial charge is 0.335 e. The Hall–Kier alpha value is -1.55. The van der Waals surface area contributed by atoms with Crippen molar-refractivity contribution in [3.63, 3.8) is 0 Å². The summed E-state index contributed by atoms with van der Waals surface area (Å²) >= 11 is 5.99. The molecule has 84 valence electrons. The zero-order valence-corrected chi connectivity index (χ0v) is 9.57. The van der Waals surface area contributed by atoms with Gasteiger partial charge in [-0.05, 0) is 12.1 Å². The molecule has 0 aromatic heterocycles. The molecule has 5 heteroatoms. The Kier molecular flexibility index (Phi) is 2.83. The van der Waals surface area contributed by atoms with Crippen molar-refractivity contribution in [2.75, 3.05) is 25.0 Å². The number of likely N-dealkylation sites (N-methyl/N-ethyl adjacent to an activating group) is 1. The Balaban J connectivity index is 2.31. The van der Waals surface area contributed by atoms with Crippen molar-refractivity contribution in [2.24, 2.45) is 0 Å². The van der Waals surface area contributed by atoms with Gasteiger partial charge in [-0.3, -0.25) is 14.5 Å². The van der Waals surface area contributed by atoms with Crippen LogP contribution in [0.2, 0.25) is 5.02 Å². The Morgan fingerprint density at radius 3 is 2.50 bits per heavy atom. The number of benzene rings is 1. The molecule has 0 spiro atoms. The molecule has 2 rings (SSSR count). The summed E-state index contributed by atoms with van der Waals surface area (Å²) in [5.41, 5.74) is 0.593. The van der Waals surface area contributed by atoms with Crippen molar-refractivity contribution in [2.45, 2.75) is 0 Å². The molecule has 0 radical (unpaired) electrons. The highest BCUT2D eigenvalue weighted by molar-refractivity contribution is 6.34. The average molecular weight is 239 g/mol. The summed E-state index contributed by atoms with van der Waals surface area (Å²) in [4.78, 5) is 26.1. The molecule has 0 unspecified atom stereocenters. The van der Waals surface area contributed by atoms with Gasteiger partial charge in [0, 0.05) is 7.05 Å². The third-order valence-corrected chi connectivity index (χ3v) is 2.86. The number of piperazine rings is 1. The molecular weight excluding hydrogens is 228 g/mol. The summed E-state index contributed by atoms with van der Waals surface area (Å²) < 4.78 is 0. The molecule has 1 aliphatic heterocycles. The van der Waals surface area contributed by atoms with Crippen LogP contribution in [0.5, 0.6) is 0 Å². The van der Waals surface area contributed by atoms with Crippen molar-refractivity contribution in [3.8, 4) is 0 Å². The van der Waals surface area contributed by atoms with E-state index in [1.807, 2.05) is 0 Å². The first kappa shape index (κ1) is 11.0. The smallest absolute Gasteiger partial charge is 0.247 e. The van der Waals surface area contributed by atoms with E-state index in [9.17, 15) is 9.59 Å². The van der Waals surface area contributed by atoms with Crippen molar-refractivity contribution < 1.29 is 9.59 Å². The van der Waals surface area contributed by atoms with E-state index in [1.54, 1.807) is 31.3 Å². The minimum Gasteiger partial charge on any atom is -0.335 e. The standard InChI is InChI=1S/C11H11ClN2O2/c1-13-6-11(16)14(7-10(13)15)9-5-3-2-4-8(9)12/h2-5H,6-7H2,1H3. The summed E-state index contributed by atoms with van der Waals surface area (Å²) in [7, 11) is 1.62. The van der Waals surface area contributed by atoms with Gasteiger partial charge in [0.2, 0.25) is 11.8 Å². The normalized spacial score (nSPS) is 16.9. The minimum absolute atomic E-state index is 0.0546. The van der Waals surface area contributed by atoms with E-state index in [1.165, 1.54) is 9.80 Å². The summed E-state index contributed by atoms with van der Waals surface area (Å²) in [6.07, 6.45) is 0. The second-order valence-corrected chi connectivity index (χ2v) is 4.09. The van der Waals surface area contributed by atoms with Crippen LogP contribution < -0.4 is 4.90 Å². The zero-order valence-electron chi connectivity index (χ0n) is 8.81. The van der Waals surface area contributed by atoms with Crippen LogP contribution in [-0.2, 0) is 9.59 Å². The second kappa shape index (κ2) is 4.14. The maximum absolute atomic E-state index is 11.8. The monoisotopic (exact) mass is 238 g/mol. The Morgan fingerprint density at radius 1 is 1.12 bits per heavy atom. The fourth-order valence-electron chi connectivity index (χ4n) is 1.61. The molecule has 0 atom stereocenters. The van der Waals surface area contributed by atoms with Crippen molar-refractivity contribution in [1.29, 1.82) is 0 Å². The lowest BCUT2D eigenvalue weighted by atomic mass is 10.2.